The lowest BCUT2D eigenvalue weighted by Crippen LogP contribution is -2.27. The van der Waals surface area contributed by atoms with Gasteiger partial charge in [-0.3, -0.25) is 0 Å². The smallest absolute Gasteiger partial charge is 0.183 e. The van der Waals surface area contributed by atoms with E-state index in [1.165, 1.54) is 0 Å². The fraction of sp³-hybridized carbons (Fsp3) is 0.400. The molecule has 0 N–H and O–H groups in total. The SMILES string of the molecule is CC(C)(C)S(=O)(=O)c1ccc(C(Cl)Cn2ccnc2)cc1. The third kappa shape index (κ3) is 3.47. The van der Waals surface area contributed by atoms with Crippen LogP contribution < -0.4 is 0 Å². The summed E-state index contributed by atoms with van der Waals surface area (Å²) in [5.41, 5.74) is 0.887. The fourth-order valence-corrected chi connectivity index (χ4v) is 3.40. The zero-order chi connectivity index (χ0) is 15.7. The van der Waals surface area contributed by atoms with Crippen LogP contribution in [-0.4, -0.2) is 22.7 Å². The van der Waals surface area contributed by atoms with E-state index in [1.54, 1.807) is 57.6 Å². The molecule has 0 bridgehead atoms. The molecule has 1 aromatic carbocycles. The van der Waals surface area contributed by atoms with Crippen molar-refractivity contribution < 1.29 is 8.42 Å². The zero-order valence-electron chi connectivity index (χ0n) is 12.3. The Kier molecular flexibility index (Phi) is 4.44. The molecule has 21 heavy (non-hydrogen) atoms. The number of hydrogen-bond donors (Lipinski definition) is 0. The quantitative estimate of drug-likeness (QED) is 0.809. The third-order valence-electron chi connectivity index (χ3n) is 3.29. The maximum atomic E-state index is 12.3. The average molecular weight is 327 g/mol. The summed E-state index contributed by atoms with van der Waals surface area (Å²) >= 11 is 6.36. The van der Waals surface area contributed by atoms with Crippen molar-refractivity contribution in [1.82, 2.24) is 9.55 Å². The van der Waals surface area contributed by atoms with Crippen LogP contribution in [0.15, 0.2) is 47.9 Å². The van der Waals surface area contributed by atoms with Crippen LogP contribution in [0.25, 0.3) is 0 Å². The summed E-state index contributed by atoms with van der Waals surface area (Å²) in [7, 11) is -3.33. The third-order valence-corrected chi connectivity index (χ3v) is 6.18. The normalized spacial score (nSPS) is 14.1. The second-order valence-electron chi connectivity index (χ2n) is 5.91. The van der Waals surface area contributed by atoms with Crippen LogP contribution in [0.2, 0.25) is 0 Å². The summed E-state index contributed by atoms with van der Waals surface area (Å²) in [4.78, 5) is 4.29. The lowest BCUT2D eigenvalue weighted by atomic mass is 10.1. The largest absolute Gasteiger partial charge is 0.336 e. The van der Waals surface area contributed by atoms with E-state index in [0.29, 0.717) is 11.4 Å². The second-order valence-corrected chi connectivity index (χ2v) is 9.14. The minimum absolute atomic E-state index is 0.231. The molecule has 114 valence electrons. The van der Waals surface area contributed by atoms with Gasteiger partial charge in [-0.15, -0.1) is 11.6 Å². The van der Waals surface area contributed by atoms with Gasteiger partial charge in [-0.2, -0.15) is 0 Å². The summed E-state index contributed by atoms with van der Waals surface area (Å²) in [5.74, 6) is 0. The monoisotopic (exact) mass is 326 g/mol. The van der Waals surface area contributed by atoms with Gasteiger partial charge in [-0.05, 0) is 38.5 Å². The summed E-state index contributed by atoms with van der Waals surface area (Å²) in [6.07, 6.45) is 5.24. The number of alkyl halides is 1. The van der Waals surface area contributed by atoms with Crippen molar-refractivity contribution in [2.24, 2.45) is 0 Å². The number of imidazole rings is 1. The molecule has 1 aromatic heterocycles. The highest BCUT2D eigenvalue weighted by Crippen LogP contribution is 2.28. The van der Waals surface area contributed by atoms with Crippen molar-refractivity contribution in [3.05, 3.63) is 48.5 Å². The minimum atomic E-state index is -3.33. The first-order valence-electron chi connectivity index (χ1n) is 6.66. The van der Waals surface area contributed by atoms with Crippen LogP contribution in [0.4, 0.5) is 0 Å². The van der Waals surface area contributed by atoms with Crippen LogP contribution >= 0.6 is 11.6 Å². The van der Waals surface area contributed by atoms with Crippen LogP contribution in [0.5, 0.6) is 0 Å². The summed E-state index contributed by atoms with van der Waals surface area (Å²) in [5, 5.41) is -0.231. The molecule has 1 atom stereocenters. The van der Waals surface area contributed by atoms with Gasteiger partial charge < -0.3 is 4.57 Å². The highest BCUT2D eigenvalue weighted by molar-refractivity contribution is 7.92. The molecule has 0 radical (unpaired) electrons. The molecule has 1 unspecified atom stereocenters. The Morgan fingerprint density at radius 2 is 1.86 bits per heavy atom. The first kappa shape index (κ1) is 16.0. The Labute approximate surface area is 130 Å². The van der Waals surface area contributed by atoms with Gasteiger partial charge in [-0.1, -0.05) is 12.1 Å². The van der Waals surface area contributed by atoms with Gasteiger partial charge in [0.1, 0.15) is 0 Å². The molecule has 4 nitrogen and oxygen atoms in total. The number of benzene rings is 1. The molecular weight excluding hydrogens is 308 g/mol. The first-order valence-corrected chi connectivity index (χ1v) is 8.58. The van der Waals surface area contributed by atoms with Crippen LogP contribution in [0.1, 0.15) is 31.7 Å². The van der Waals surface area contributed by atoms with Gasteiger partial charge in [0.25, 0.3) is 0 Å². The van der Waals surface area contributed by atoms with Gasteiger partial charge in [0.2, 0.25) is 0 Å². The number of nitrogens with zero attached hydrogens (tertiary/aromatic N) is 2. The molecule has 0 fully saturated rings. The molecule has 0 saturated carbocycles. The van der Waals surface area contributed by atoms with E-state index in [1.807, 2.05) is 10.8 Å². The topological polar surface area (TPSA) is 52.0 Å². The predicted molar refractivity (Wildman–Crippen MR) is 84.2 cm³/mol. The maximum Gasteiger partial charge on any atom is 0.183 e. The number of rotatable bonds is 4. The van der Waals surface area contributed by atoms with E-state index in [4.69, 9.17) is 11.6 Å². The zero-order valence-corrected chi connectivity index (χ0v) is 13.9. The van der Waals surface area contributed by atoms with Gasteiger partial charge in [0.15, 0.2) is 9.84 Å². The molecule has 0 amide bonds. The number of sulfone groups is 1. The average Bonchev–Trinajstić information content (AvgIpc) is 2.90. The molecule has 0 saturated heterocycles. The summed E-state index contributed by atoms with van der Waals surface area (Å²) in [6, 6.07) is 6.79. The molecule has 6 heteroatoms. The van der Waals surface area contributed by atoms with Crippen molar-refractivity contribution in [1.29, 1.82) is 0 Å². The maximum absolute atomic E-state index is 12.3. The van der Waals surface area contributed by atoms with Crippen LogP contribution in [0.3, 0.4) is 0 Å². The second kappa shape index (κ2) is 5.81. The molecule has 0 aliphatic rings. The van der Waals surface area contributed by atoms with E-state index >= 15 is 0 Å². The summed E-state index contributed by atoms with van der Waals surface area (Å²) in [6.45, 7) is 5.67. The molecule has 1 heterocycles. The van der Waals surface area contributed by atoms with Crippen LogP contribution in [0, 0.1) is 0 Å². The fourth-order valence-electron chi connectivity index (χ4n) is 1.89. The molecule has 0 aliphatic heterocycles. The molecule has 0 aliphatic carbocycles. The Morgan fingerprint density at radius 3 is 2.33 bits per heavy atom. The molecule has 0 spiro atoms. The highest BCUT2D eigenvalue weighted by Gasteiger charge is 2.30. The van der Waals surface area contributed by atoms with Gasteiger partial charge in [0.05, 0.1) is 21.3 Å². The van der Waals surface area contributed by atoms with Gasteiger partial charge in [0, 0.05) is 18.9 Å². The Morgan fingerprint density at radius 1 is 1.24 bits per heavy atom. The number of hydrogen-bond acceptors (Lipinski definition) is 3. The van der Waals surface area contributed by atoms with Gasteiger partial charge >= 0.3 is 0 Å². The number of aromatic nitrogens is 2. The van der Waals surface area contributed by atoms with E-state index < -0.39 is 14.6 Å². The van der Waals surface area contributed by atoms with Crippen molar-refractivity contribution in [3.8, 4) is 0 Å². The highest BCUT2D eigenvalue weighted by atomic mass is 35.5. The molecule has 2 aromatic rings. The lowest BCUT2D eigenvalue weighted by molar-refractivity contribution is 0.560. The van der Waals surface area contributed by atoms with E-state index in [0.717, 1.165) is 5.56 Å². The van der Waals surface area contributed by atoms with Gasteiger partial charge in [-0.25, -0.2) is 13.4 Å². The van der Waals surface area contributed by atoms with Crippen molar-refractivity contribution in [3.63, 3.8) is 0 Å². The Balaban J connectivity index is 2.19. The Hall–Kier alpha value is -1.33. The Bertz CT molecular complexity index is 686. The molecule has 2 rings (SSSR count). The lowest BCUT2D eigenvalue weighted by Gasteiger charge is -2.19. The molecular formula is C15H19ClN2O2S. The minimum Gasteiger partial charge on any atom is -0.336 e. The first-order chi connectivity index (χ1) is 9.72. The van der Waals surface area contributed by atoms with E-state index in [9.17, 15) is 8.42 Å². The van der Waals surface area contributed by atoms with E-state index in [-0.39, 0.29) is 5.38 Å². The predicted octanol–water partition coefficient (Wildman–Crippen LogP) is 3.44. The van der Waals surface area contributed by atoms with E-state index in [2.05, 4.69) is 4.98 Å². The van der Waals surface area contributed by atoms with Crippen molar-refractivity contribution in [2.75, 3.05) is 0 Å². The number of halogens is 1. The van der Waals surface area contributed by atoms with Crippen molar-refractivity contribution in [2.45, 2.75) is 42.3 Å². The summed E-state index contributed by atoms with van der Waals surface area (Å²) < 4.78 is 25.8. The van der Waals surface area contributed by atoms with Crippen molar-refractivity contribution >= 4 is 21.4 Å². The van der Waals surface area contributed by atoms with Crippen LogP contribution in [-0.2, 0) is 16.4 Å². The standard InChI is InChI=1S/C15H19ClN2O2S/c1-15(2,3)21(19,20)13-6-4-12(5-7-13)14(16)10-18-9-8-17-11-18/h4-9,11,14H,10H2,1-3H3.